The molecule has 0 saturated carbocycles. The van der Waals surface area contributed by atoms with Crippen LogP contribution in [0.1, 0.15) is 29.4 Å². The molecule has 3 N–H and O–H groups in total. The zero-order valence-electron chi connectivity index (χ0n) is 14.5. The third-order valence-corrected chi connectivity index (χ3v) is 3.86. The molecule has 0 radical (unpaired) electrons. The van der Waals surface area contributed by atoms with Crippen molar-refractivity contribution in [3.8, 4) is 5.88 Å². The number of aryl methyl sites for hydroxylation is 1. The summed E-state index contributed by atoms with van der Waals surface area (Å²) in [5.74, 6) is 0.0772. The first-order valence-electron chi connectivity index (χ1n) is 8.45. The summed E-state index contributed by atoms with van der Waals surface area (Å²) in [7, 11) is 0. The van der Waals surface area contributed by atoms with E-state index in [1.165, 1.54) is 12.4 Å². The summed E-state index contributed by atoms with van der Waals surface area (Å²) in [6.07, 6.45) is 4.56. The quantitative estimate of drug-likeness (QED) is 0.783. The summed E-state index contributed by atoms with van der Waals surface area (Å²) in [6, 6.07) is 8.05. The molecule has 1 unspecified atom stereocenters. The number of nitrogens with two attached hydrogens (primary N) is 1. The van der Waals surface area contributed by atoms with Crippen LogP contribution in [-0.2, 0) is 11.2 Å². The van der Waals surface area contributed by atoms with Crippen molar-refractivity contribution in [1.29, 1.82) is 0 Å². The van der Waals surface area contributed by atoms with Crippen molar-refractivity contribution in [3.63, 3.8) is 0 Å². The van der Waals surface area contributed by atoms with E-state index in [1.807, 2.05) is 31.2 Å². The molecular weight excluding hydrogens is 334 g/mol. The van der Waals surface area contributed by atoms with Gasteiger partial charge in [-0.05, 0) is 37.5 Å². The van der Waals surface area contributed by atoms with Crippen LogP contribution in [0.5, 0.6) is 5.88 Å². The first-order chi connectivity index (χ1) is 12.6. The van der Waals surface area contributed by atoms with Gasteiger partial charge in [0.25, 0.3) is 11.9 Å². The van der Waals surface area contributed by atoms with Crippen LogP contribution in [0.15, 0.2) is 41.7 Å². The molecule has 136 valence electrons. The van der Waals surface area contributed by atoms with Crippen molar-refractivity contribution >= 4 is 17.6 Å². The average molecular weight is 355 g/mol. The minimum Gasteiger partial charge on any atom is -0.477 e. The predicted octanol–water partition coefficient (Wildman–Crippen LogP) is 1.77. The number of aromatic nitrogens is 2. The van der Waals surface area contributed by atoms with Gasteiger partial charge in [-0.3, -0.25) is 4.79 Å². The normalized spacial score (nSPS) is 15.9. The number of carbonyl (C=O) groups is 1. The molecule has 2 aromatic rings. The number of nitrogens with zero attached hydrogens (tertiary/aromatic N) is 3. The Labute approximate surface area is 151 Å². The van der Waals surface area contributed by atoms with Crippen LogP contribution >= 0.6 is 0 Å². The van der Waals surface area contributed by atoms with E-state index in [0.29, 0.717) is 24.8 Å². The second-order valence-corrected chi connectivity index (χ2v) is 5.79. The zero-order valence-corrected chi connectivity index (χ0v) is 14.5. The van der Waals surface area contributed by atoms with Gasteiger partial charge in [0.1, 0.15) is 12.3 Å². The number of ether oxygens (including phenoxy) is 2. The van der Waals surface area contributed by atoms with Crippen molar-refractivity contribution in [2.24, 2.45) is 10.7 Å². The molecule has 1 amide bonds. The lowest BCUT2D eigenvalue weighted by molar-refractivity contribution is 0.102. The molecule has 1 aromatic carbocycles. The first-order valence-corrected chi connectivity index (χ1v) is 8.45. The van der Waals surface area contributed by atoms with Crippen LogP contribution in [-0.4, -0.2) is 41.2 Å². The van der Waals surface area contributed by atoms with E-state index < -0.39 is 0 Å². The Bertz CT molecular complexity index is 774. The van der Waals surface area contributed by atoms with Gasteiger partial charge in [0.2, 0.25) is 5.88 Å². The molecule has 0 aliphatic carbocycles. The molecule has 1 aromatic heterocycles. The van der Waals surface area contributed by atoms with Gasteiger partial charge in [-0.15, -0.1) is 0 Å². The summed E-state index contributed by atoms with van der Waals surface area (Å²) < 4.78 is 10.4. The lowest BCUT2D eigenvalue weighted by Crippen LogP contribution is -2.14. The molecule has 8 heteroatoms. The number of nitrogens with one attached hydrogen (secondary N) is 1. The van der Waals surface area contributed by atoms with E-state index in [1.54, 1.807) is 0 Å². The molecule has 1 atom stereocenters. The van der Waals surface area contributed by atoms with Crippen LogP contribution < -0.4 is 15.8 Å². The fourth-order valence-corrected chi connectivity index (χ4v) is 2.52. The number of rotatable bonds is 7. The smallest absolute Gasteiger partial charge is 0.282 e. The predicted molar refractivity (Wildman–Crippen MR) is 97.3 cm³/mol. The van der Waals surface area contributed by atoms with Gasteiger partial charge in [-0.2, -0.15) is 0 Å². The highest BCUT2D eigenvalue weighted by Crippen LogP contribution is 2.15. The summed E-state index contributed by atoms with van der Waals surface area (Å²) in [4.78, 5) is 24.5. The van der Waals surface area contributed by atoms with E-state index in [4.69, 9.17) is 15.2 Å². The summed E-state index contributed by atoms with van der Waals surface area (Å²) in [5, 5.41) is 2.80. The van der Waals surface area contributed by atoms with Crippen LogP contribution in [0.3, 0.4) is 0 Å². The van der Waals surface area contributed by atoms with Gasteiger partial charge in [-0.25, -0.2) is 15.0 Å². The van der Waals surface area contributed by atoms with E-state index in [-0.39, 0.29) is 23.7 Å². The Morgan fingerprint density at radius 3 is 2.73 bits per heavy atom. The molecule has 0 bridgehead atoms. The Hall–Kier alpha value is -3.16. The zero-order chi connectivity index (χ0) is 18.4. The number of benzene rings is 1. The number of carbonyl (C=O) groups excluding carboxylic acids is 1. The summed E-state index contributed by atoms with van der Waals surface area (Å²) >= 11 is 0. The Kier molecular flexibility index (Phi) is 5.62. The van der Waals surface area contributed by atoms with Crippen LogP contribution in [0.4, 0.5) is 5.69 Å². The van der Waals surface area contributed by atoms with Crippen molar-refractivity contribution < 1.29 is 14.3 Å². The van der Waals surface area contributed by atoms with Crippen molar-refractivity contribution in [3.05, 3.63) is 47.9 Å². The lowest BCUT2D eigenvalue weighted by Gasteiger charge is -2.08. The highest BCUT2D eigenvalue weighted by molar-refractivity contribution is 6.02. The standard InChI is InChI=1S/C18H21N5O3/c1-2-25-16-10-20-15(9-21-16)17(24)22-13-6-3-12(4-7-13)5-8-14-11-26-18(19)23-14/h3-4,6-7,9-10,14H,2,5,8,11H2,1H3,(H2,19,23)(H,22,24). The monoisotopic (exact) mass is 355 g/mol. The van der Waals surface area contributed by atoms with Crippen LogP contribution in [0.25, 0.3) is 0 Å². The molecule has 0 spiro atoms. The minimum atomic E-state index is -0.318. The topological polar surface area (TPSA) is 112 Å². The minimum absolute atomic E-state index is 0.118. The second kappa shape index (κ2) is 8.28. The van der Waals surface area contributed by atoms with Crippen molar-refractivity contribution in [2.45, 2.75) is 25.8 Å². The Balaban J connectivity index is 1.52. The van der Waals surface area contributed by atoms with Gasteiger partial charge >= 0.3 is 0 Å². The van der Waals surface area contributed by atoms with Gasteiger partial charge in [0.15, 0.2) is 0 Å². The van der Waals surface area contributed by atoms with Gasteiger partial charge in [-0.1, -0.05) is 12.1 Å². The van der Waals surface area contributed by atoms with E-state index in [0.717, 1.165) is 18.4 Å². The fraction of sp³-hybridized carbons (Fsp3) is 0.333. The van der Waals surface area contributed by atoms with Gasteiger partial charge in [0, 0.05) is 5.69 Å². The molecule has 1 aliphatic heterocycles. The largest absolute Gasteiger partial charge is 0.477 e. The molecule has 8 nitrogen and oxygen atoms in total. The summed E-state index contributed by atoms with van der Waals surface area (Å²) in [5.41, 5.74) is 7.59. The van der Waals surface area contributed by atoms with E-state index in [9.17, 15) is 4.79 Å². The SMILES string of the molecule is CCOc1cnc(C(=O)Nc2ccc(CCC3COC(N)=N3)cc2)cn1. The number of anilines is 1. The number of hydrogen-bond acceptors (Lipinski definition) is 7. The third kappa shape index (κ3) is 4.69. The van der Waals surface area contributed by atoms with Crippen LogP contribution in [0, 0.1) is 0 Å². The highest BCUT2D eigenvalue weighted by Gasteiger charge is 2.16. The van der Waals surface area contributed by atoms with Crippen molar-refractivity contribution in [2.75, 3.05) is 18.5 Å². The highest BCUT2D eigenvalue weighted by atomic mass is 16.5. The molecule has 0 saturated heterocycles. The first kappa shape index (κ1) is 17.7. The number of aliphatic imine (C=N–C) groups is 1. The molecule has 2 heterocycles. The second-order valence-electron chi connectivity index (χ2n) is 5.79. The van der Waals surface area contributed by atoms with Crippen LogP contribution in [0.2, 0.25) is 0 Å². The van der Waals surface area contributed by atoms with Gasteiger partial charge < -0.3 is 20.5 Å². The molecule has 0 fully saturated rings. The lowest BCUT2D eigenvalue weighted by atomic mass is 10.1. The Morgan fingerprint density at radius 2 is 2.12 bits per heavy atom. The maximum Gasteiger partial charge on any atom is 0.282 e. The summed E-state index contributed by atoms with van der Waals surface area (Å²) in [6.45, 7) is 2.90. The van der Waals surface area contributed by atoms with E-state index in [2.05, 4.69) is 20.3 Å². The molecule has 26 heavy (non-hydrogen) atoms. The third-order valence-electron chi connectivity index (χ3n) is 3.86. The molecule has 1 aliphatic rings. The average Bonchev–Trinajstić information content (AvgIpc) is 3.07. The fourth-order valence-electron chi connectivity index (χ4n) is 2.52. The number of amides is 1. The molecular formula is C18H21N5O3. The van der Waals surface area contributed by atoms with Gasteiger partial charge in [0.05, 0.1) is 25.0 Å². The number of hydrogen-bond donors (Lipinski definition) is 2. The maximum absolute atomic E-state index is 12.2. The maximum atomic E-state index is 12.2. The Morgan fingerprint density at radius 1 is 1.31 bits per heavy atom. The number of amidine groups is 1. The van der Waals surface area contributed by atoms with E-state index >= 15 is 0 Å². The molecule has 3 rings (SSSR count). The van der Waals surface area contributed by atoms with Crippen molar-refractivity contribution in [1.82, 2.24) is 9.97 Å².